The normalized spacial score (nSPS) is 19.1. The summed E-state index contributed by atoms with van der Waals surface area (Å²) in [6, 6.07) is 8.64. The second kappa shape index (κ2) is 5.18. The fraction of sp³-hybridized carbons (Fsp3) is 0.500. The van der Waals surface area contributed by atoms with Crippen LogP contribution in [0.3, 0.4) is 0 Å². The molecule has 0 unspecified atom stereocenters. The van der Waals surface area contributed by atoms with Crippen molar-refractivity contribution in [3.05, 3.63) is 30.1 Å². The van der Waals surface area contributed by atoms with Crippen LogP contribution in [0.15, 0.2) is 24.3 Å². The Kier molecular flexibility index (Phi) is 3.63. The minimum atomic E-state index is -0.464. The third-order valence-electron chi connectivity index (χ3n) is 3.40. The molecule has 0 heterocycles. The molecule has 1 aliphatic rings. The molecule has 3 heteroatoms. The van der Waals surface area contributed by atoms with Gasteiger partial charge in [0.2, 0.25) is 0 Å². The van der Waals surface area contributed by atoms with Gasteiger partial charge in [0.05, 0.1) is 6.07 Å². The maximum atomic E-state index is 12.8. The van der Waals surface area contributed by atoms with E-state index < -0.39 is 5.54 Å². The molecule has 0 aromatic heterocycles. The van der Waals surface area contributed by atoms with Gasteiger partial charge in [0.1, 0.15) is 11.4 Å². The first-order chi connectivity index (χ1) is 8.24. The van der Waals surface area contributed by atoms with Crippen molar-refractivity contribution in [2.24, 2.45) is 0 Å². The zero-order valence-corrected chi connectivity index (χ0v) is 9.88. The van der Waals surface area contributed by atoms with Gasteiger partial charge in [0.25, 0.3) is 0 Å². The van der Waals surface area contributed by atoms with E-state index in [1.54, 1.807) is 12.1 Å². The second-order valence-electron chi connectivity index (χ2n) is 4.74. The first-order valence-corrected chi connectivity index (χ1v) is 6.19. The molecule has 0 aliphatic heterocycles. The van der Waals surface area contributed by atoms with Gasteiger partial charge in [-0.15, -0.1) is 0 Å². The maximum absolute atomic E-state index is 12.8. The number of hydrogen-bond acceptors (Lipinski definition) is 2. The van der Waals surface area contributed by atoms with Crippen LogP contribution < -0.4 is 5.32 Å². The lowest BCUT2D eigenvalue weighted by molar-refractivity contribution is 0.510. The molecule has 2 rings (SSSR count). The number of rotatable bonds is 2. The van der Waals surface area contributed by atoms with Gasteiger partial charge >= 0.3 is 0 Å². The molecule has 0 amide bonds. The summed E-state index contributed by atoms with van der Waals surface area (Å²) in [7, 11) is 0. The molecular weight excluding hydrogens is 215 g/mol. The third kappa shape index (κ3) is 2.97. The smallest absolute Gasteiger partial charge is 0.125 e. The fourth-order valence-electron chi connectivity index (χ4n) is 2.41. The standard InChI is InChI=1S/C14H17FN2/c15-12-5-7-13(8-6-12)17-14(11-16)9-3-1-2-4-10-14/h5-8,17H,1-4,9-10H2. The van der Waals surface area contributed by atoms with Gasteiger partial charge < -0.3 is 5.32 Å². The topological polar surface area (TPSA) is 35.8 Å². The molecule has 2 nitrogen and oxygen atoms in total. The summed E-state index contributed by atoms with van der Waals surface area (Å²) in [6.07, 6.45) is 6.33. The van der Waals surface area contributed by atoms with E-state index in [2.05, 4.69) is 11.4 Å². The predicted molar refractivity (Wildman–Crippen MR) is 66.1 cm³/mol. The van der Waals surface area contributed by atoms with Gasteiger partial charge in [0, 0.05) is 5.69 Å². The molecule has 0 atom stereocenters. The minimum absolute atomic E-state index is 0.248. The highest BCUT2D eigenvalue weighted by Crippen LogP contribution is 2.30. The number of halogens is 1. The summed E-state index contributed by atoms with van der Waals surface area (Å²) < 4.78 is 12.8. The van der Waals surface area contributed by atoms with Crippen LogP contribution in [0, 0.1) is 17.1 Å². The summed E-state index contributed by atoms with van der Waals surface area (Å²) >= 11 is 0. The van der Waals surface area contributed by atoms with Gasteiger partial charge in [-0.2, -0.15) is 5.26 Å². The van der Waals surface area contributed by atoms with Crippen LogP contribution in [0.5, 0.6) is 0 Å². The zero-order chi connectivity index (χ0) is 12.1. The monoisotopic (exact) mass is 232 g/mol. The van der Waals surface area contributed by atoms with Crippen LogP contribution in [-0.2, 0) is 0 Å². The van der Waals surface area contributed by atoms with Crippen molar-refractivity contribution < 1.29 is 4.39 Å². The van der Waals surface area contributed by atoms with E-state index in [-0.39, 0.29) is 5.82 Å². The Balaban J connectivity index is 2.13. The lowest BCUT2D eigenvalue weighted by Gasteiger charge is -2.27. The Hall–Kier alpha value is -1.56. The molecule has 1 saturated carbocycles. The zero-order valence-electron chi connectivity index (χ0n) is 9.88. The van der Waals surface area contributed by atoms with E-state index in [1.165, 1.54) is 25.0 Å². The highest BCUT2D eigenvalue weighted by Gasteiger charge is 2.30. The molecule has 1 aliphatic carbocycles. The molecule has 1 N–H and O–H groups in total. The molecule has 1 fully saturated rings. The van der Waals surface area contributed by atoms with Crippen LogP contribution >= 0.6 is 0 Å². The van der Waals surface area contributed by atoms with Crippen molar-refractivity contribution in [2.45, 2.75) is 44.1 Å². The van der Waals surface area contributed by atoms with Gasteiger partial charge in [-0.25, -0.2) is 4.39 Å². The summed E-state index contributed by atoms with van der Waals surface area (Å²) in [4.78, 5) is 0. The van der Waals surface area contributed by atoms with E-state index in [9.17, 15) is 9.65 Å². The average molecular weight is 232 g/mol. The lowest BCUT2D eigenvalue weighted by Crippen LogP contribution is -2.35. The molecule has 1 aromatic rings. The first-order valence-electron chi connectivity index (χ1n) is 6.19. The van der Waals surface area contributed by atoms with Crippen LogP contribution in [0.25, 0.3) is 0 Å². The molecule has 0 spiro atoms. The number of benzene rings is 1. The van der Waals surface area contributed by atoms with Gasteiger partial charge in [0.15, 0.2) is 0 Å². The van der Waals surface area contributed by atoms with Crippen LogP contribution in [0.2, 0.25) is 0 Å². The predicted octanol–water partition coefficient (Wildman–Crippen LogP) is 3.85. The largest absolute Gasteiger partial charge is 0.367 e. The first kappa shape index (κ1) is 11.9. The fourth-order valence-corrected chi connectivity index (χ4v) is 2.41. The minimum Gasteiger partial charge on any atom is -0.367 e. The van der Waals surface area contributed by atoms with Crippen molar-refractivity contribution in [2.75, 3.05) is 5.32 Å². The van der Waals surface area contributed by atoms with Crippen LogP contribution in [-0.4, -0.2) is 5.54 Å². The van der Waals surface area contributed by atoms with Crippen molar-refractivity contribution in [3.63, 3.8) is 0 Å². The van der Waals surface area contributed by atoms with E-state index in [0.717, 1.165) is 31.4 Å². The van der Waals surface area contributed by atoms with Gasteiger partial charge in [-0.3, -0.25) is 0 Å². The quantitative estimate of drug-likeness (QED) is 0.786. The average Bonchev–Trinajstić information content (AvgIpc) is 2.58. The third-order valence-corrected chi connectivity index (χ3v) is 3.40. The Morgan fingerprint density at radius 1 is 1.06 bits per heavy atom. The summed E-state index contributed by atoms with van der Waals surface area (Å²) in [6.45, 7) is 0. The van der Waals surface area contributed by atoms with E-state index in [0.29, 0.717) is 0 Å². The van der Waals surface area contributed by atoms with Crippen molar-refractivity contribution >= 4 is 5.69 Å². The Morgan fingerprint density at radius 3 is 2.18 bits per heavy atom. The number of nitrogens with zero attached hydrogens (tertiary/aromatic N) is 1. The lowest BCUT2D eigenvalue weighted by atomic mass is 9.91. The summed E-state index contributed by atoms with van der Waals surface area (Å²) in [5.41, 5.74) is 0.365. The Labute approximate surface area is 101 Å². The number of nitriles is 1. The molecule has 0 bridgehead atoms. The molecule has 90 valence electrons. The van der Waals surface area contributed by atoms with Crippen LogP contribution in [0.4, 0.5) is 10.1 Å². The second-order valence-corrected chi connectivity index (χ2v) is 4.74. The van der Waals surface area contributed by atoms with Crippen molar-refractivity contribution in [1.82, 2.24) is 0 Å². The summed E-state index contributed by atoms with van der Waals surface area (Å²) in [5.74, 6) is -0.248. The Morgan fingerprint density at radius 2 is 1.65 bits per heavy atom. The van der Waals surface area contributed by atoms with Gasteiger partial charge in [-0.1, -0.05) is 25.7 Å². The number of nitrogens with one attached hydrogen (secondary N) is 1. The van der Waals surface area contributed by atoms with E-state index in [1.807, 2.05) is 0 Å². The SMILES string of the molecule is N#CC1(Nc2ccc(F)cc2)CCCCCC1. The number of anilines is 1. The highest BCUT2D eigenvalue weighted by atomic mass is 19.1. The molecular formula is C14H17FN2. The van der Waals surface area contributed by atoms with Gasteiger partial charge in [-0.05, 0) is 37.1 Å². The molecule has 0 saturated heterocycles. The molecule has 0 radical (unpaired) electrons. The number of hydrogen-bond donors (Lipinski definition) is 1. The highest BCUT2D eigenvalue weighted by molar-refractivity contribution is 5.47. The Bertz CT molecular complexity index is 397. The molecule has 17 heavy (non-hydrogen) atoms. The molecule has 1 aromatic carbocycles. The van der Waals surface area contributed by atoms with Crippen molar-refractivity contribution in [3.8, 4) is 6.07 Å². The van der Waals surface area contributed by atoms with E-state index >= 15 is 0 Å². The maximum Gasteiger partial charge on any atom is 0.125 e. The van der Waals surface area contributed by atoms with E-state index in [4.69, 9.17) is 0 Å². The van der Waals surface area contributed by atoms with Crippen LogP contribution in [0.1, 0.15) is 38.5 Å². The summed E-state index contributed by atoms with van der Waals surface area (Å²) in [5, 5.41) is 12.7. The van der Waals surface area contributed by atoms with Crippen molar-refractivity contribution in [1.29, 1.82) is 5.26 Å².